The maximum absolute atomic E-state index is 3.68. The van der Waals surface area contributed by atoms with Crippen LogP contribution in [0.3, 0.4) is 0 Å². The molecule has 20 heavy (non-hydrogen) atoms. The first kappa shape index (κ1) is 17.7. The van der Waals surface area contributed by atoms with Crippen LogP contribution in [-0.4, -0.2) is 37.6 Å². The third-order valence-corrected chi connectivity index (χ3v) is 4.16. The molecule has 1 aromatic rings. The Morgan fingerprint density at radius 3 is 2.20 bits per heavy atom. The molecular formula is C17H29BrN2. The maximum Gasteiger partial charge on any atom is 0.0217 e. The van der Waals surface area contributed by atoms with Crippen molar-refractivity contribution >= 4 is 15.9 Å². The standard InChI is InChI=1S/C17H29BrN2/c1-13(2)10-17(20(4)5)12-19-14(3)11-15-6-8-16(18)9-7-15/h6-9,13-14,17,19H,10-12H2,1-5H3. The molecule has 0 heterocycles. The molecule has 0 aliphatic carbocycles. The van der Waals surface area contributed by atoms with Crippen molar-refractivity contribution in [2.75, 3.05) is 20.6 Å². The molecule has 3 heteroatoms. The molecule has 2 atom stereocenters. The molecule has 0 aliphatic heterocycles. The minimum absolute atomic E-state index is 0.505. The molecule has 1 rings (SSSR count). The molecule has 1 N–H and O–H groups in total. The molecule has 0 saturated carbocycles. The average molecular weight is 341 g/mol. The van der Waals surface area contributed by atoms with E-state index in [4.69, 9.17) is 0 Å². The van der Waals surface area contributed by atoms with Crippen LogP contribution in [0, 0.1) is 5.92 Å². The molecule has 0 aromatic heterocycles. The Balaban J connectivity index is 2.41. The number of benzene rings is 1. The van der Waals surface area contributed by atoms with Gasteiger partial charge in [0.25, 0.3) is 0 Å². The summed E-state index contributed by atoms with van der Waals surface area (Å²) in [6, 6.07) is 9.74. The largest absolute Gasteiger partial charge is 0.312 e. The van der Waals surface area contributed by atoms with Crippen LogP contribution >= 0.6 is 15.9 Å². The summed E-state index contributed by atoms with van der Waals surface area (Å²) in [6.07, 6.45) is 2.32. The second kappa shape index (κ2) is 8.81. The number of rotatable bonds is 8. The van der Waals surface area contributed by atoms with Gasteiger partial charge in [-0.1, -0.05) is 41.9 Å². The van der Waals surface area contributed by atoms with E-state index in [1.54, 1.807) is 0 Å². The van der Waals surface area contributed by atoms with Gasteiger partial charge in [-0.2, -0.15) is 0 Å². The number of nitrogens with one attached hydrogen (secondary N) is 1. The van der Waals surface area contributed by atoms with Crippen LogP contribution in [0.2, 0.25) is 0 Å². The summed E-state index contributed by atoms with van der Waals surface area (Å²) in [6.45, 7) is 7.91. The van der Waals surface area contributed by atoms with Crippen molar-refractivity contribution in [3.63, 3.8) is 0 Å². The monoisotopic (exact) mass is 340 g/mol. The molecule has 0 bridgehead atoms. The highest BCUT2D eigenvalue weighted by Crippen LogP contribution is 2.12. The molecule has 0 aliphatic rings. The third kappa shape index (κ3) is 6.87. The number of hydrogen-bond acceptors (Lipinski definition) is 2. The smallest absolute Gasteiger partial charge is 0.0217 e. The van der Waals surface area contributed by atoms with Crippen LogP contribution in [0.15, 0.2) is 28.7 Å². The molecule has 0 amide bonds. The molecule has 2 unspecified atom stereocenters. The van der Waals surface area contributed by atoms with Gasteiger partial charge in [0.2, 0.25) is 0 Å². The van der Waals surface area contributed by atoms with Gasteiger partial charge >= 0.3 is 0 Å². The van der Waals surface area contributed by atoms with Gasteiger partial charge in [0, 0.05) is 23.1 Å². The lowest BCUT2D eigenvalue weighted by molar-refractivity contribution is 0.241. The molecule has 1 aromatic carbocycles. The topological polar surface area (TPSA) is 15.3 Å². The highest BCUT2D eigenvalue weighted by molar-refractivity contribution is 9.10. The molecule has 0 radical (unpaired) electrons. The highest BCUT2D eigenvalue weighted by Gasteiger charge is 2.14. The van der Waals surface area contributed by atoms with Gasteiger partial charge in [0.1, 0.15) is 0 Å². The van der Waals surface area contributed by atoms with Crippen LogP contribution < -0.4 is 5.32 Å². The summed E-state index contributed by atoms with van der Waals surface area (Å²) in [5, 5.41) is 3.68. The molecule has 114 valence electrons. The van der Waals surface area contributed by atoms with Crippen molar-refractivity contribution in [3.8, 4) is 0 Å². The summed E-state index contributed by atoms with van der Waals surface area (Å²) in [5.41, 5.74) is 1.39. The zero-order chi connectivity index (χ0) is 15.1. The minimum atomic E-state index is 0.505. The van der Waals surface area contributed by atoms with E-state index < -0.39 is 0 Å². The number of nitrogens with zero attached hydrogens (tertiary/aromatic N) is 1. The van der Waals surface area contributed by atoms with Gasteiger partial charge in [-0.3, -0.25) is 0 Å². The van der Waals surface area contributed by atoms with Crippen LogP contribution in [0.5, 0.6) is 0 Å². The van der Waals surface area contributed by atoms with Crippen molar-refractivity contribution in [2.45, 2.75) is 45.7 Å². The summed E-state index contributed by atoms with van der Waals surface area (Å²) in [7, 11) is 4.35. The Morgan fingerprint density at radius 2 is 1.70 bits per heavy atom. The number of halogens is 1. The second-order valence-corrected chi connectivity index (χ2v) is 7.30. The van der Waals surface area contributed by atoms with Crippen molar-refractivity contribution in [1.82, 2.24) is 10.2 Å². The maximum atomic E-state index is 3.68. The van der Waals surface area contributed by atoms with E-state index in [-0.39, 0.29) is 0 Å². The third-order valence-electron chi connectivity index (χ3n) is 3.63. The van der Waals surface area contributed by atoms with E-state index in [1.165, 1.54) is 12.0 Å². The zero-order valence-corrected chi connectivity index (χ0v) is 15.1. The van der Waals surface area contributed by atoms with Crippen molar-refractivity contribution in [1.29, 1.82) is 0 Å². The lowest BCUT2D eigenvalue weighted by Gasteiger charge is -2.28. The first-order valence-corrected chi connectivity index (χ1v) is 8.32. The van der Waals surface area contributed by atoms with E-state index in [1.807, 2.05) is 0 Å². The van der Waals surface area contributed by atoms with Crippen molar-refractivity contribution in [3.05, 3.63) is 34.3 Å². The van der Waals surface area contributed by atoms with Gasteiger partial charge in [-0.25, -0.2) is 0 Å². The normalized spacial score (nSPS) is 14.8. The van der Waals surface area contributed by atoms with E-state index in [9.17, 15) is 0 Å². The summed E-state index contributed by atoms with van der Waals surface area (Å²) >= 11 is 3.48. The Morgan fingerprint density at radius 1 is 1.10 bits per heavy atom. The summed E-state index contributed by atoms with van der Waals surface area (Å²) in [5.74, 6) is 0.742. The summed E-state index contributed by atoms with van der Waals surface area (Å²) in [4.78, 5) is 2.33. The molecule has 2 nitrogen and oxygen atoms in total. The predicted molar refractivity (Wildman–Crippen MR) is 92.2 cm³/mol. The second-order valence-electron chi connectivity index (χ2n) is 6.39. The van der Waals surface area contributed by atoms with Crippen LogP contribution in [0.4, 0.5) is 0 Å². The Labute approximate surface area is 133 Å². The van der Waals surface area contributed by atoms with Gasteiger partial charge in [-0.15, -0.1) is 0 Å². The van der Waals surface area contributed by atoms with E-state index in [2.05, 4.69) is 85.3 Å². The van der Waals surface area contributed by atoms with Gasteiger partial charge in [0.15, 0.2) is 0 Å². The van der Waals surface area contributed by atoms with Gasteiger partial charge in [0.05, 0.1) is 0 Å². The molecule has 0 spiro atoms. The Kier molecular flexibility index (Phi) is 7.78. The fraction of sp³-hybridized carbons (Fsp3) is 0.647. The average Bonchev–Trinajstić information content (AvgIpc) is 2.36. The first-order chi connectivity index (χ1) is 9.38. The van der Waals surface area contributed by atoms with Gasteiger partial charge < -0.3 is 10.2 Å². The zero-order valence-electron chi connectivity index (χ0n) is 13.5. The lowest BCUT2D eigenvalue weighted by Crippen LogP contribution is -2.42. The minimum Gasteiger partial charge on any atom is -0.312 e. The van der Waals surface area contributed by atoms with Crippen molar-refractivity contribution in [2.24, 2.45) is 5.92 Å². The van der Waals surface area contributed by atoms with E-state index in [0.717, 1.165) is 23.4 Å². The fourth-order valence-electron chi connectivity index (χ4n) is 2.40. The Bertz CT molecular complexity index is 373. The van der Waals surface area contributed by atoms with Gasteiger partial charge in [-0.05, 0) is 57.5 Å². The lowest BCUT2D eigenvalue weighted by atomic mass is 10.0. The molecule has 0 saturated heterocycles. The van der Waals surface area contributed by atoms with Crippen molar-refractivity contribution < 1.29 is 0 Å². The van der Waals surface area contributed by atoms with Crippen LogP contribution in [0.1, 0.15) is 32.8 Å². The quantitative estimate of drug-likeness (QED) is 0.770. The fourth-order valence-corrected chi connectivity index (χ4v) is 2.67. The summed E-state index contributed by atoms with van der Waals surface area (Å²) < 4.78 is 1.14. The van der Waals surface area contributed by atoms with Crippen LogP contribution in [0.25, 0.3) is 0 Å². The van der Waals surface area contributed by atoms with E-state index >= 15 is 0 Å². The molecular weight excluding hydrogens is 312 g/mol. The molecule has 0 fully saturated rings. The number of likely N-dealkylation sites (N-methyl/N-ethyl adjacent to an activating group) is 1. The first-order valence-electron chi connectivity index (χ1n) is 7.52. The Hall–Kier alpha value is -0.380. The predicted octanol–water partition coefficient (Wildman–Crippen LogP) is 3.95. The highest BCUT2D eigenvalue weighted by atomic mass is 79.9. The van der Waals surface area contributed by atoms with E-state index in [0.29, 0.717) is 12.1 Å². The van der Waals surface area contributed by atoms with Crippen LogP contribution in [-0.2, 0) is 6.42 Å². The number of hydrogen-bond donors (Lipinski definition) is 1. The SMILES string of the molecule is CC(C)CC(CNC(C)Cc1ccc(Br)cc1)N(C)C.